The van der Waals surface area contributed by atoms with Gasteiger partial charge >= 0.3 is 0 Å². The second-order valence-electron chi connectivity index (χ2n) is 5.48. The van der Waals surface area contributed by atoms with E-state index in [1.807, 2.05) is 6.92 Å². The summed E-state index contributed by atoms with van der Waals surface area (Å²) < 4.78 is 0. The molecule has 1 rings (SSSR count). The first-order valence-electron chi connectivity index (χ1n) is 7.66. The monoisotopic (exact) mass is 274 g/mol. The van der Waals surface area contributed by atoms with Gasteiger partial charge in [0, 0.05) is 6.54 Å². The van der Waals surface area contributed by atoms with Gasteiger partial charge in [-0.1, -0.05) is 40.5 Å². The van der Waals surface area contributed by atoms with Crippen molar-refractivity contribution < 1.29 is 0 Å². The van der Waals surface area contributed by atoms with E-state index in [4.69, 9.17) is 0 Å². The predicted octanol–water partition coefficient (Wildman–Crippen LogP) is 3.71. The maximum absolute atomic E-state index is 9.37. The highest BCUT2D eigenvalue weighted by atomic mass is 15.2. The van der Waals surface area contributed by atoms with E-state index in [-0.39, 0.29) is 0 Å². The number of nitrogens with zero attached hydrogens (tertiary/aromatic N) is 3. The lowest BCUT2D eigenvalue weighted by molar-refractivity contribution is 0.544. The summed E-state index contributed by atoms with van der Waals surface area (Å²) in [5, 5.41) is 21.1. The van der Waals surface area contributed by atoms with Crippen LogP contribution >= 0.6 is 0 Å². The molecule has 0 spiro atoms. The van der Waals surface area contributed by atoms with Crippen LogP contribution in [0.2, 0.25) is 0 Å². The summed E-state index contributed by atoms with van der Waals surface area (Å²) in [7, 11) is 0. The molecule has 1 N–H and O–H groups in total. The lowest BCUT2D eigenvalue weighted by Gasteiger charge is -2.12. The van der Waals surface area contributed by atoms with Crippen molar-refractivity contribution in [2.75, 3.05) is 11.9 Å². The van der Waals surface area contributed by atoms with Gasteiger partial charge in [0.25, 0.3) is 0 Å². The minimum absolute atomic E-state index is 0.645. The van der Waals surface area contributed by atoms with Gasteiger partial charge in [0.15, 0.2) is 5.82 Å². The Balaban J connectivity index is 2.69. The third kappa shape index (κ3) is 4.48. The molecule has 110 valence electrons. The zero-order chi connectivity index (χ0) is 15.0. The number of hydrogen-bond acceptors (Lipinski definition) is 4. The van der Waals surface area contributed by atoms with E-state index in [0.717, 1.165) is 43.0 Å². The van der Waals surface area contributed by atoms with Crippen molar-refractivity contribution in [3.8, 4) is 6.07 Å². The molecule has 0 aliphatic carbocycles. The largest absolute Gasteiger partial charge is 0.367 e. The average molecular weight is 274 g/mol. The molecular formula is C16H26N4. The van der Waals surface area contributed by atoms with Gasteiger partial charge in [0.2, 0.25) is 0 Å². The molecule has 0 aliphatic rings. The highest BCUT2D eigenvalue weighted by molar-refractivity contribution is 5.56. The molecule has 4 nitrogen and oxygen atoms in total. The first-order chi connectivity index (χ1) is 9.63. The van der Waals surface area contributed by atoms with Gasteiger partial charge in [-0.15, -0.1) is 5.10 Å². The van der Waals surface area contributed by atoms with E-state index in [9.17, 15) is 5.26 Å². The van der Waals surface area contributed by atoms with Crippen LogP contribution in [0, 0.1) is 17.2 Å². The van der Waals surface area contributed by atoms with Crippen molar-refractivity contribution in [3.63, 3.8) is 0 Å². The molecule has 0 saturated heterocycles. The van der Waals surface area contributed by atoms with Gasteiger partial charge in [-0.3, -0.25) is 0 Å². The molecule has 4 heteroatoms. The fraction of sp³-hybridized carbons (Fsp3) is 0.688. The Morgan fingerprint density at radius 2 is 1.90 bits per heavy atom. The Labute approximate surface area is 122 Å². The topological polar surface area (TPSA) is 61.6 Å². The molecule has 20 heavy (non-hydrogen) atoms. The van der Waals surface area contributed by atoms with Crippen molar-refractivity contribution in [2.24, 2.45) is 5.92 Å². The lowest BCUT2D eigenvalue weighted by atomic mass is 10.0. The normalized spacial score (nSPS) is 10.6. The van der Waals surface area contributed by atoms with Crippen molar-refractivity contribution in [1.29, 1.82) is 5.26 Å². The van der Waals surface area contributed by atoms with Crippen molar-refractivity contribution >= 4 is 5.82 Å². The van der Waals surface area contributed by atoms with Crippen LogP contribution in [0.15, 0.2) is 0 Å². The average Bonchev–Trinajstić information content (AvgIpc) is 2.45. The molecule has 0 fully saturated rings. The zero-order valence-corrected chi connectivity index (χ0v) is 13.2. The summed E-state index contributed by atoms with van der Waals surface area (Å²) in [6.45, 7) is 9.44. The Bertz CT molecular complexity index is 460. The molecule has 0 radical (unpaired) electrons. The van der Waals surface area contributed by atoms with Gasteiger partial charge < -0.3 is 5.32 Å². The summed E-state index contributed by atoms with van der Waals surface area (Å²) in [5.74, 6) is 1.39. The third-order valence-corrected chi connectivity index (χ3v) is 3.46. The van der Waals surface area contributed by atoms with E-state index < -0.39 is 0 Å². The standard InChI is InChI=1S/C16H26N4/c1-5-13-14(11-17)16(20-19-15(13)6-2)18-10-8-7-9-12(3)4/h12H,5-10H2,1-4H3,(H,18,20). The quantitative estimate of drug-likeness (QED) is 0.734. The van der Waals surface area contributed by atoms with E-state index in [1.54, 1.807) is 0 Å². The van der Waals surface area contributed by atoms with Crippen LogP contribution in [0.3, 0.4) is 0 Å². The predicted molar refractivity (Wildman–Crippen MR) is 82.7 cm³/mol. The number of nitrogens with one attached hydrogen (secondary N) is 1. The van der Waals surface area contributed by atoms with Crippen LogP contribution < -0.4 is 5.32 Å². The first kappa shape index (κ1) is 16.4. The molecule has 0 saturated carbocycles. The highest BCUT2D eigenvalue weighted by Crippen LogP contribution is 2.20. The summed E-state index contributed by atoms with van der Waals surface area (Å²) in [6, 6.07) is 2.28. The van der Waals surface area contributed by atoms with Crippen LogP contribution in [-0.4, -0.2) is 16.7 Å². The number of hydrogen-bond donors (Lipinski definition) is 1. The molecule has 1 aromatic heterocycles. The van der Waals surface area contributed by atoms with E-state index in [0.29, 0.717) is 11.4 Å². The van der Waals surface area contributed by atoms with Crippen LogP contribution in [0.25, 0.3) is 0 Å². The summed E-state index contributed by atoms with van der Waals surface area (Å²) >= 11 is 0. The molecule has 0 unspecified atom stereocenters. The molecule has 0 aromatic carbocycles. The molecular weight excluding hydrogens is 248 g/mol. The van der Waals surface area contributed by atoms with Crippen molar-refractivity contribution in [1.82, 2.24) is 10.2 Å². The van der Waals surface area contributed by atoms with E-state index >= 15 is 0 Å². The number of unbranched alkanes of at least 4 members (excludes halogenated alkanes) is 1. The molecule has 0 bridgehead atoms. The molecule has 0 aliphatic heterocycles. The van der Waals surface area contributed by atoms with Crippen LogP contribution in [-0.2, 0) is 12.8 Å². The number of nitriles is 1. The number of rotatable bonds is 8. The maximum atomic E-state index is 9.37. The Kier molecular flexibility index (Phi) is 7.00. The minimum atomic E-state index is 0.645. The number of anilines is 1. The van der Waals surface area contributed by atoms with E-state index in [2.05, 4.69) is 42.4 Å². The van der Waals surface area contributed by atoms with Crippen molar-refractivity contribution in [3.05, 3.63) is 16.8 Å². The highest BCUT2D eigenvalue weighted by Gasteiger charge is 2.13. The van der Waals surface area contributed by atoms with Crippen molar-refractivity contribution in [2.45, 2.75) is 59.8 Å². The van der Waals surface area contributed by atoms with Gasteiger partial charge in [-0.05, 0) is 30.7 Å². The van der Waals surface area contributed by atoms with E-state index in [1.165, 1.54) is 12.8 Å². The van der Waals surface area contributed by atoms with Crippen LogP contribution in [0.5, 0.6) is 0 Å². The summed E-state index contributed by atoms with van der Waals surface area (Å²) in [4.78, 5) is 0. The number of aryl methyl sites for hydroxylation is 1. The second-order valence-corrected chi connectivity index (χ2v) is 5.48. The Hall–Kier alpha value is -1.63. The maximum Gasteiger partial charge on any atom is 0.166 e. The summed E-state index contributed by atoms with van der Waals surface area (Å²) in [5.41, 5.74) is 2.65. The molecule has 0 amide bonds. The Morgan fingerprint density at radius 3 is 2.45 bits per heavy atom. The van der Waals surface area contributed by atoms with Gasteiger partial charge in [0.1, 0.15) is 11.6 Å². The molecule has 1 aromatic rings. The minimum Gasteiger partial charge on any atom is -0.367 e. The molecule has 1 heterocycles. The van der Waals surface area contributed by atoms with Gasteiger partial charge in [-0.2, -0.15) is 10.4 Å². The SMILES string of the molecule is CCc1nnc(NCCCCC(C)C)c(C#N)c1CC. The second kappa shape index (κ2) is 8.52. The van der Waals surface area contributed by atoms with Gasteiger partial charge in [-0.25, -0.2) is 0 Å². The van der Waals surface area contributed by atoms with Crippen LogP contribution in [0.4, 0.5) is 5.82 Å². The zero-order valence-electron chi connectivity index (χ0n) is 13.2. The fourth-order valence-corrected chi connectivity index (χ4v) is 2.30. The molecule has 0 atom stereocenters. The first-order valence-corrected chi connectivity index (χ1v) is 7.66. The van der Waals surface area contributed by atoms with Crippen LogP contribution in [0.1, 0.15) is 63.8 Å². The Morgan fingerprint density at radius 1 is 1.15 bits per heavy atom. The summed E-state index contributed by atoms with van der Waals surface area (Å²) in [6.07, 6.45) is 5.19. The fourth-order valence-electron chi connectivity index (χ4n) is 2.30. The number of aromatic nitrogens is 2. The van der Waals surface area contributed by atoms with Gasteiger partial charge in [0.05, 0.1) is 5.69 Å². The lowest BCUT2D eigenvalue weighted by Crippen LogP contribution is -2.11. The third-order valence-electron chi connectivity index (χ3n) is 3.46. The smallest absolute Gasteiger partial charge is 0.166 e.